The third kappa shape index (κ3) is 2.17. The van der Waals surface area contributed by atoms with Crippen LogP contribution in [0.4, 0.5) is 19.0 Å². The molecule has 0 radical (unpaired) electrons. The number of rotatable bonds is 2. The highest BCUT2D eigenvalue weighted by Crippen LogP contribution is 2.20. The molecule has 4 nitrogen and oxygen atoms in total. The van der Waals surface area contributed by atoms with Crippen molar-refractivity contribution in [2.75, 3.05) is 5.73 Å². The molecular weight excluding hydrogens is 271 g/mol. The summed E-state index contributed by atoms with van der Waals surface area (Å²) in [7, 11) is 1.50. The highest BCUT2D eigenvalue weighted by atomic mass is 35.5. The molecule has 0 aliphatic rings. The second-order valence-electron chi connectivity index (χ2n) is 3.72. The van der Waals surface area contributed by atoms with Gasteiger partial charge in [-0.25, -0.2) is 13.2 Å². The molecule has 0 saturated carbocycles. The lowest BCUT2D eigenvalue weighted by Crippen LogP contribution is -2.23. The molecule has 0 amide bonds. The minimum absolute atomic E-state index is 0. The molecule has 0 aliphatic heterocycles. The van der Waals surface area contributed by atoms with Crippen LogP contribution in [0, 0.1) is 5.82 Å². The number of aromatic nitrogens is 2. The molecule has 0 fully saturated rings. The first kappa shape index (κ1) is 14.4. The molecule has 0 bridgehead atoms. The van der Waals surface area contributed by atoms with Crippen molar-refractivity contribution in [3.63, 3.8) is 0 Å². The lowest BCUT2D eigenvalue weighted by Gasteiger charge is -2.06. The number of nitrogen functional groups attached to an aromatic ring is 1. The van der Waals surface area contributed by atoms with E-state index < -0.39 is 24.3 Å². The number of aryl methyl sites for hydroxylation is 1. The van der Waals surface area contributed by atoms with Crippen LogP contribution < -0.4 is 11.3 Å². The zero-order chi connectivity index (χ0) is 12.7. The zero-order valence-electron chi connectivity index (χ0n) is 9.36. The van der Waals surface area contributed by atoms with E-state index in [-0.39, 0.29) is 29.1 Å². The molecule has 0 unspecified atom stereocenters. The van der Waals surface area contributed by atoms with Crippen LogP contribution in [-0.2, 0) is 13.6 Å². The second-order valence-corrected chi connectivity index (χ2v) is 3.72. The number of halogens is 4. The average molecular weight is 282 g/mol. The van der Waals surface area contributed by atoms with Crippen LogP contribution in [0.25, 0.3) is 10.9 Å². The number of hydrogen-bond donors (Lipinski definition) is 1. The number of nitrogens with zero attached hydrogens (tertiary/aromatic N) is 2. The van der Waals surface area contributed by atoms with Gasteiger partial charge in [0.25, 0.3) is 12.0 Å². The van der Waals surface area contributed by atoms with E-state index in [9.17, 15) is 18.0 Å². The van der Waals surface area contributed by atoms with Gasteiger partial charge in [-0.15, -0.1) is 12.4 Å². The predicted octanol–water partition coefficient (Wildman–Crippen LogP) is 1.75. The van der Waals surface area contributed by atoms with E-state index in [2.05, 4.69) is 0 Å². The molecule has 2 rings (SSSR count). The minimum atomic E-state index is -2.72. The van der Waals surface area contributed by atoms with Crippen molar-refractivity contribution in [3.05, 3.63) is 28.4 Å². The molecule has 100 valence electrons. The molecule has 2 aromatic rings. The molecule has 8 heteroatoms. The molecule has 2 heterocycles. The number of hydrogen-bond acceptors (Lipinski definition) is 2. The van der Waals surface area contributed by atoms with Gasteiger partial charge in [-0.2, -0.15) is 0 Å². The molecule has 0 saturated heterocycles. The third-order valence-electron chi connectivity index (χ3n) is 2.59. The highest BCUT2D eigenvalue weighted by molar-refractivity contribution is 5.85. The van der Waals surface area contributed by atoms with Crippen molar-refractivity contribution in [2.45, 2.75) is 13.0 Å². The molecule has 0 spiro atoms. The van der Waals surface area contributed by atoms with Crippen LogP contribution >= 0.6 is 12.4 Å². The predicted molar refractivity (Wildman–Crippen MR) is 64.8 cm³/mol. The first-order valence-corrected chi connectivity index (χ1v) is 4.83. The fraction of sp³-hybridized carbons (Fsp3) is 0.300. The summed E-state index contributed by atoms with van der Waals surface area (Å²) in [5.74, 6) is -0.551. The quantitative estimate of drug-likeness (QED) is 0.912. The summed E-state index contributed by atoms with van der Waals surface area (Å²) in [5.41, 5.74) is 4.90. The number of nitrogens with two attached hydrogens (primary N) is 1. The number of pyridine rings is 1. The summed E-state index contributed by atoms with van der Waals surface area (Å²) in [6.07, 6.45) is -1.94. The fourth-order valence-corrected chi connectivity index (χ4v) is 1.77. The third-order valence-corrected chi connectivity index (χ3v) is 2.59. The molecular formula is C10H11ClF3N3O. The number of alkyl halides is 2. The summed E-state index contributed by atoms with van der Waals surface area (Å²) in [5, 5.41) is 0.00523. The number of fused-ring (bicyclic) bond motifs is 1. The lowest BCUT2D eigenvalue weighted by atomic mass is 10.3. The van der Waals surface area contributed by atoms with Gasteiger partial charge in [-0.05, 0) is 6.07 Å². The Morgan fingerprint density at radius 3 is 2.61 bits per heavy atom. The van der Waals surface area contributed by atoms with Crippen molar-refractivity contribution in [3.8, 4) is 0 Å². The van der Waals surface area contributed by atoms with Gasteiger partial charge in [0.2, 0.25) is 0 Å². The van der Waals surface area contributed by atoms with Gasteiger partial charge < -0.3 is 14.9 Å². The summed E-state index contributed by atoms with van der Waals surface area (Å²) in [6, 6.07) is 1.28. The van der Waals surface area contributed by atoms with Crippen LogP contribution in [0.5, 0.6) is 0 Å². The fourth-order valence-electron chi connectivity index (χ4n) is 1.77. The zero-order valence-corrected chi connectivity index (χ0v) is 10.2. The maximum absolute atomic E-state index is 13.7. The van der Waals surface area contributed by atoms with Gasteiger partial charge >= 0.3 is 0 Å². The van der Waals surface area contributed by atoms with Crippen molar-refractivity contribution >= 4 is 29.1 Å². The second kappa shape index (κ2) is 4.93. The largest absolute Gasteiger partial charge is 0.385 e. The first-order valence-electron chi connectivity index (χ1n) is 4.83. The Kier molecular flexibility index (Phi) is 3.95. The van der Waals surface area contributed by atoms with E-state index in [1.165, 1.54) is 17.7 Å². The van der Waals surface area contributed by atoms with E-state index in [4.69, 9.17) is 5.73 Å². The monoisotopic (exact) mass is 281 g/mol. The van der Waals surface area contributed by atoms with Crippen molar-refractivity contribution in [1.29, 1.82) is 0 Å². The van der Waals surface area contributed by atoms with E-state index in [0.29, 0.717) is 4.57 Å². The van der Waals surface area contributed by atoms with Crippen LogP contribution in [0.3, 0.4) is 0 Å². The Labute approximate surface area is 106 Å². The van der Waals surface area contributed by atoms with Gasteiger partial charge in [0.05, 0.1) is 17.4 Å². The van der Waals surface area contributed by atoms with Crippen molar-refractivity contribution in [2.24, 2.45) is 7.05 Å². The summed E-state index contributed by atoms with van der Waals surface area (Å²) in [4.78, 5) is 11.8. The molecule has 0 aliphatic carbocycles. The minimum Gasteiger partial charge on any atom is -0.385 e. The van der Waals surface area contributed by atoms with E-state index in [1.807, 2.05) is 0 Å². The Hall–Kier alpha value is -1.63. The average Bonchev–Trinajstić information content (AvgIpc) is 2.52. The number of anilines is 1. The maximum atomic E-state index is 13.7. The Morgan fingerprint density at radius 2 is 2.06 bits per heavy atom. The Morgan fingerprint density at radius 1 is 1.44 bits per heavy atom. The maximum Gasteiger partial charge on any atom is 0.260 e. The molecule has 0 aromatic carbocycles. The van der Waals surface area contributed by atoms with Gasteiger partial charge in [0.15, 0.2) is 5.82 Å². The standard InChI is InChI=1S/C10H10F3N3O.ClH/c1-15-8(14)2-5-9(15)6(11)3-16(10(5)17)4-7(12)13;/h2-3,7H,4,14H2,1H3;1H. The molecule has 2 aromatic heterocycles. The Bertz CT molecular complexity index is 635. The smallest absolute Gasteiger partial charge is 0.260 e. The highest BCUT2D eigenvalue weighted by Gasteiger charge is 2.16. The molecule has 0 atom stereocenters. The molecule has 18 heavy (non-hydrogen) atoms. The van der Waals surface area contributed by atoms with E-state index in [0.717, 1.165) is 6.20 Å². The van der Waals surface area contributed by atoms with Crippen LogP contribution in [0.1, 0.15) is 0 Å². The van der Waals surface area contributed by atoms with E-state index in [1.54, 1.807) is 0 Å². The lowest BCUT2D eigenvalue weighted by molar-refractivity contribution is 0.125. The normalized spacial score (nSPS) is 10.9. The van der Waals surface area contributed by atoms with Crippen molar-refractivity contribution < 1.29 is 13.2 Å². The van der Waals surface area contributed by atoms with Gasteiger partial charge in [0, 0.05) is 13.2 Å². The van der Waals surface area contributed by atoms with Crippen LogP contribution in [-0.4, -0.2) is 15.6 Å². The van der Waals surface area contributed by atoms with Gasteiger partial charge in [-0.3, -0.25) is 4.79 Å². The molecule has 2 N–H and O–H groups in total. The van der Waals surface area contributed by atoms with Crippen molar-refractivity contribution in [1.82, 2.24) is 9.13 Å². The van der Waals surface area contributed by atoms with E-state index >= 15 is 0 Å². The summed E-state index contributed by atoms with van der Waals surface area (Å²) < 4.78 is 40.0. The van der Waals surface area contributed by atoms with Gasteiger partial charge in [-0.1, -0.05) is 0 Å². The first-order chi connectivity index (χ1) is 7.91. The van der Waals surface area contributed by atoms with Crippen LogP contribution in [0.15, 0.2) is 17.1 Å². The SMILES string of the molecule is Cl.Cn1c(N)cc2c(=O)n(CC(F)F)cc(F)c21. The van der Waals surface area contributed by atoms with Gasteiger partial charge in [0.1, 0.15) is 5.82 Å². The topological polar surface area (TPSA) is 52.9 Å². The Balaban J connectivity index is 0.00000162. The van der Waals surface area contributed by atoms with Crippen LogP contribution in [0.2, 0.25) is 0 Å². The summed E-state index contributed by atoms with van der Waals surface area (Å²) in [6.45, 7) is -0.833. The summed E-state index contributed by atoms with van der Waals surface area (Å²) >= 11 is 0.